The molecule has 2 rings (SSSR count). The van der Waals surface area contributed by atoms with Crippen molar-refractivity contribution < 1.29 is 14.3 Å². The van der Waals surface area contributed by atoms with E-state index in [0.29, 0.717) is 22.3 Å². The number of nitrogens with two attached hydrogens (primary N) is 1. The molecule has 1 aromatic heterocycles. The predicted octanol–water partition coefficient (Wildman–Crippen LogP) is 0.958. The maximum absolute atomic E-state index is 11.9. The lowest BCUT2D eigenvalue weighted by molar-refractivity contribution is -0.122. The van der Waals surface area contributed by atoms with E-state index in [9.17, 15) is 9.90 Å². The zero-order valence-corrected chi connectivity index (χ0v) is 11.3. The third-order valence-electron chi connectivity index (χ3n) is 2.82. The Morgan fingerprint density at radius 1 is 1.45 bits per heavy atom. The van der Waals surface area contributed by atoms with E-state index < -0.39 is 5.79 Å². The highest BCUT2D eigenvalue weighted by Crippen LogP contribution is 2.14. The second-order valence-corrected chi connectivity index (χ2v) is 4.43. The molecule has 5 nitrogen and oxygen atoms in total. The van der Waals surface area contributed by atoms with Crippen LogP contribution in [-0.4, -0.2) is 18.0 Å². The van der Waals surface area contributed by atoms with Crippen LogP contribution in [0.5, 0.6) is 0 Å². The Bertz CT molecular complexity index is 750. The Labute approximate surface area is 116 Å². The molecule has 1 aromatic carbocycles. The Balaban J connectivity index is 2.50. The van der Waals surface area contributed by atoms with Gasteiger partial charge in [-0.25, -0.2) is 0 Å². The highest BCUT2D eigenvalue weighted by Gasteiger charge is 2.13. The fourth-order valence-electron chi connectivity index (χ4n) is 1.62. The van der Waals surface area contributed by atoms with Gasteiger partial charge >= 0.3 is 0 Å². The van der Waals surface area contributed by atoms with Crippen LogP contribution in [0, 0.1) is 11.8 Å². The van der Waals surface area contributed by atoms with Crippen molar-refractivity contribution in [3.63, 3.8) is 0 Å². The van der Waals surface area contributed by atoms with Gasteiger partial charge in [-0.2, -0.15) is 0 Å². The molecule has 0 amide bonds. The summed E-state index contributed by atoms with van der Waals surface area (Å²) in [4.78, 5) is 11.9. The van der Waals surface area contributed by atoms with Crippen LogP contribution in [0.15, 0.2) is 33.5 Å². The van der Waals surface area contributed by atoms with Crippen LogP contribution in [0.4, 0.5) is 0 Å². The number of hydrogen-bond acceptors (Lipinski definition) is 5. The fourth-order valence-corrected chi connectivity index (χ4v) is 1.62. The van der Waals surface area contributed by atoms with Crippen LogP contribution in [-0.2, 0) is 11.3 Å². The molecule has 0 aliphatic heterocycles. The molecule has 0 saturated carbocycles. The number of rotatable bonds is 2. The molecule has 0 aliphatic rings. The van der Waals surface area contributed by atoms with Gasteiger partial charge in [0, 0.05) is 25.7 Å². The van der Waals surface area contributed by atoms with Crippen molar-refractivity contribution in [2.75, 3.05) is 7.11 Å². The molecule has 1 heterocycles. The molecule has 0 saturated heterocycles. The predicted molar refractivity (Wildman–Crippen MR) is 74.9 cm³/mol. The lowest BCUT2D eigenvalue weighted by Crippen LogP contribution is -2.23. The third kappa shape index (κ3) is 3.06. The Hall–Kier alpha value is -2.13. The van der Waals surface area contributed by atoms with E-state index in [1.54, 1.807) is 18.2 Å². The van der Waals surface area contributed by atoms with Gasteiger partial charge in [-0.1, -0.05) is 5.92 Å². The molecule has 0 fully saturated rings. The van der Waals surface area contributed by atoms with Gasteiger partial charge in [0.1, 0.15) is 11.3 Å². The lowest BCUT2D eigenvalue weighted by Gasteiger charge is -2.12. The Kier molecular flexibility index (Phi) is 3.91. The van der Waals surface area contributed by atoms with Crippen LogP contribution in [0.25, 0.3) is 11.0 Å². The molecule has 1 unspecified atom stereocenters. The summed E-state index contributed by atoms with van der Waals surface area (Å²) in [7, 11) is 1.36. The minimum absolute atomic E-state index is 0.170. The summed E-state index contributed by atoms with van der Waals surface area (Å²) in [5.41, 5.74) is 6.33. The third-order valence-corrected chi connectivity index (χ3v) is 2.82. The Morgan fingerprint density at radius 2 is 2.20 bits per heavy atom. The molecule has 0 bridgehead atoms. The summed E-state index contributed by atoms with van der Waals surface area (Å²) < 4.78 is 10.3. The quantitative estimate of drug-likeness (QED) is 0.628. The van der Waals surface area contributed by atoms with Crippen molar-refractivity contribution in [1.29, 1.82) is 0 Å². The molecule has 104 valence electrons. The first kappa shape index (κ1) is 14.3. The zero-order chi connectivity index (χ0) is 14.8. The van der Waals surface area contributed by atoms with E-state index in [0.717, 1.165) is 0 Å². The minimum atomic E-state index is -1.52. The summed E-state index contributed by atoms with van der Waals surface area (Å²) in [5.74, 6) is 4.23. The SMILES string of the molecule is COC(C)(O)C#Cc1ccc2oc(CN)cc(=O)c2c1. The number of benzene rings is 1. The summed E-state index contributed by atoms with van der Waals surface area (Å²) >= 11 is 0. The molecule has 3 N–H and O–H groups in total. The van der Waals surface area contributed by atoms with Gasteiger partial charge in [-0.15, -0.1) is 0 Å². The minimum Gasteiger partial charge on any atom is -0.459 e. The zero-order valence-electron chi connectivity index (χ0n) is 11.3. The summed E-state index contributed by atoms with van der Waals surface area (Å²) in [5, 5.41) is 10.1. The molecular weight excluding hydrogens is 258 g/mol. The fraction of sp³-hybridized carbons (Fsp3) is 0.267. The first-order valence-electron chi connectivity index (χ1n) is 6.03. The number of fused-ring (bicyclic) bond motifs is 1. The molecule has 5 heteroatoms. The van der Waals surface area contributed by atoms with Crippen LogP contribution in [0.2, 0.25) is 0 Å². The molecule has 2 aromatic rings. The molecule has 0 radical (unpaired) electrons. The number of aliphatic hydroxyl groups is 1. The first-order valence-corrected chi connectivity index (χ1v) is 6.03. The van der Waals surface area contributed by atoms with E-state index in [4.69, 9.17) is 14.9 Å². The molecule has 1 atom stereocenters. The van der Waals surface area contributed by atoms with Crippen molar-refractivity contribution in [2.24, 2.45) is 5.73 Å². The monoisotopic (exact) mass is 273 g/mol. The smallest absolute Gasteiger partial charge is 0.228 e. The average molecular weight is 273 g/mol. The molecular formula is C15H15NO4. The summed E-state index contributed by atoms with van der Waals surface area (Å²) in [6.07, 6.45) is 0. The topological polar surface area (TPSA) is 85.7 Å². The highest BCUT2D eigenvalue weighted by molar-refractivity contribution is 5.78. The van der Waals surface area contributed by atoms with Crippen LogP contribution in [0.3, 0.4) is 0 Å². The number of ether oxygens (including phenoxy) is 1. The van der Waals surface area contributed by atoms with E-state index in [1.165, 1.54) is 20.1 Å². The number of hydrogen-bond donors (Lipinski definition) is 2. The van der Waals surface area contributed by atoms with Crippen LogP contribution < -0.4 is 11.2 Å². The van der Waals surface area contributed by atoms with Gasteiger partial charge in [-0.3, -0.25) is 4.79 Å². The van der Waals surface area contributed by atoms with E-state index in [1.807, 2.05) is 0 Å². The highest BCUT2D eigenvalue weighted by atomic mass is 16.6. The maximum Gasteiger partial charge on any atom is 0.228 e. The van der Waals surface area contributed by atoms with Gasteiger partial charge < -0.3 is 20.0 Å². The van der Waals surface area contributed by atoms with E-state index in [-0.39, 0.29) is 12.0 Å². The Morgan fingerprint density at radius 3 is 2.85 bits per heavy atom. The lowest BCUT2D eigenvalue weighted by atomic mass is 10.1. The standard InChI is InChI=1S/C15H15NO4/c1-15(18,19-2)6-5-10-3-4-14-12(7-10)13(17)8-11(9-16)20-14/h3-4,7-8,18H,9,16H2,1-2H3. The van der Waals surface area contributed by atoms with Crippen molar-refractivity contribution in [1.82, 2.24) is 0 Å². The molecule has 0 aliphatic carbocycles. The first-order chi connectivity index (χ1) is 9.45. The second-order valence-electron chi connectivity index (χ2n) is 4.43. The van der Waals surface area contributed by atoms with Gasteiger partial charge in [0.05, 0.1) is 11.9 Å². The van der Waals surface area contributed by atoms with E-state index in [2.05, 4.69) is 11.8 Å². The summed E-state index contributed by atoms with van der Waals surface area (Å²) in [6, 6.07) is 6.33. The number of methoxy groups -OCH3 is 1. The average Bonchev–Trinajstić information content (AvgIpc) is 2.45. The van der Waals surface area contributed by atoms with Gasteiger partial charge in [0.15, 0.2) is 5.43 Å². The van der Waals surface area contributed by atoms with Crippen LogP contribution in [0.1, 0.15) is 18.2 Å². The normalized spacial score (nSPS) is 13.6. The van der Waals surface area contributed by atoms with E-state index >= 15 is 0 Å². The van der Waals surface area contributed by atoms with Crippen molar-refractivity contribution >= 4 is 11.0 Å². The summed E-state index contributed by atoms with van der Waals surface area (Å²) in [6.45, 7) is 1.60. The largest absolute Gasteiger partial charge is 0.459 e. The van der Waals surface area contributed by atoms with Crippen LogP contribution >= 0.6 is 0 Å². The second kappa shape index (κ2) is 5.47. The van der Waals surface area contributed by atoms with Crippen molar-refractivity contribution in [3.8, 4) is 11.8 Å². The maximum atomic E-state index is 11.9. The van der Waals surface area contributed by atoms with Crippen molar-refractivity contribution in [2.45, 2.75) is 19.3 Å². The van der Waals surface area contributed by atoms with Gasteiger partial charge in [0.25, 0.3) is 0 Å². The molecule has 0 spiro atoms. The van der Waals surface area contributed by atoms with Gasteiger partial charge in [-0.05, 0) is 24.1 Å². The van der Waals surface area contributed by atoms with Gasteiger partial charge in [0.2, 0.25) is 5.79 Å². The molecule has 20 heavy (non-hydrogen) atoms. The van der Waals surface area contributed by atoms with Crippen molar-refractivity contribution in [3.05, 3.63) is 45.8 Å².